The first-order valence-electron chi connectivity index (χ1n) is 8.88. The summed E-state index contributed by atoms with van der Waals surface area (Å²) in [7, 11) is 0. The maximum Gasteiger partial charge on any atom is 0.279 e. The molecule has 0 bridgehead atoms. The second kappa shape index (κ2) is 9.84. The Kier molecular flexibility index (Phi) is 7.22. The fourth-order valence-corrected chi connectivity index (χ4v) is 5.43. The molecule has 8 heteroatoms. The predicted octanol–water partition coefficient (Wildman–Crippen LogP) is 3.92. The van der Waals surface area contributed by atoms with Gasteiger partial charge in [-0.2, -0.15) is 0 Å². The van der Waals surface area contributed by atoms with Crippen LogP contribution in [0.4, 0.5) is 4.39 Å². The normalized spacial score (nSPS) is 15.5. The van der Waals surface area contributed by atoms with E-state index in [-0.39, 0.29) is 5.82 Å². The van der Waals surface area contributed by atoms with E-state index in [1.807, 2.05) is 35.7 Å². The predicted molar refractivity (Wildman–Crippen MR) is 111 cm³/mol. The first-order valence-corrected chi connectivity index (χ1v) is 11.0. The monoisotopic (exact) mass is 420 g/mol. The summed E-state index contributed by atoms with van der Waals surface area (Å²) in [4.78, 5) is 24.3. The van der Waals surface area contributed by atoms with Gasteiger partial charge in [0.25, 0.3) is 11.8 Å². The molecular formula is C20H21FN2O3S2. The number of ether oxygens (including phenoxy) is 1. The summed E-state index contributed by atoms with van der Waals surface area (Å²) in [5.74, 6) is 1.38. The summed E-state index contributed by atoms with van der Waals surface area (Å²) in [5, 5.41) is 0. The topological polar surface area (TPSA) is 67.4 Å². The third-order valence-electron chi connectivity index (χ3n) is 4.07. The molecule has 1 aliphatic rings. The summed E-state index contributed by atoms with van der Waals surface area (Å²) < 4.78 is 18.7. The molecule has 1 fully saturated rings. The molecular weight excluding hydrogens is 399 g/mol. The Hall–Kier alpha value is -2.19. The number of hydrazine groups is 1. The van der Waals surface area contributed by atoms with Gasteiger partial charge in [0.15, 0.2) is 6.10 Å². The Bertz CT molecular complexity index is 809. The minimum atomic E-state index is -0.853. The molecule has 0 radical (unpaired) electrons. The van der Waals surface area contributed by atoms with Crippen molar-refractivity contribution in [3.8, 4) is 5.75 Å². The average Bonchev–Trinajstić information content (AvgIpc) is 2.74. The van der Waals surface area contributed by atoms with Gasteiger partial charge >= 0.3 is 0 Å². The van der Waals surface area contributed by atoms with Crippen molar-refractivity contribution in [3.05, 3.63) is 65.5 Å². The lowest BCUT2D eigenvalue weighted by atomic mass is 10.1. The standard InChI is InChI=1S/C20H21FN2O3S2/c1-13(26-17-9-7-16(21)8-10-17)18(24)22-23-19(25)14-3-5-15(6-4-14)20-27-11-2-12-28-20/h3-10,13,20H,2,11-12H2,1H3,(H,22,24)(H,23,25)/t13-/m1/s1. The molecule has 2 aromatic carbocycles. The smallest absolute Gasteiger partial charge is 0.279 e. The highest BCUT2D eigenvalue weighted by Crippen LogP contribution is 2.43. The lowest BCUT2D eigenvalue weighted by Crippen LogP contribution is -2.47. The number of carbonyl (C=O) groups excluding carboxylic acids is 2. The summed E-state index contributed by atoms with van der Waals surface area (Å²) >= 11 is 3.84. The molecule has 0 aliphatic carbocycles. The van der Waals surface area contributed by atoms with Gasteiger partial charge in [0.2, 0.25) is 0 Å². The van der Waals surface area contributed by atoms with Crippen molar-refractivity contribution in [3.63, 3.8) is 0 Å². The van der Waals surface area contributed by atoms with Gasteiger partial charge in [-0.1, -0.05) is 12.1 Å². The number of hydrogen-bond acceptors (Lipinski definition) is 5. The van der Waals surface area contributed by atoms with Gasteiger partial charge in [-0.05, 0) is 66.8 Å². The number of nitrogens with one attached hydrogen (secondary N) is 2. The quantitative estimate of drug-likeness (QED) is 0.718. The van der Waals surface area contributed by atoms with Crippen LogP contribution in [0.15, 0.2) is 48.5 Å². The van der Waals surface area contributed by atoms with Crippen molar-refractivity contribution >= 4 is 35.3 Å². The third-order valence-corrected chi connectivity index (χ3v) is 7.08. The van der Waals surface area contributed by atoms with E-state index in [4.69, 9.17) is 4.74 Å². The minimum absolute atomic E-state index is 0.365. The van der Waals surface area contributed by atoms with Crippen molar-refractivity contribution in [1.82, 2.24) is 10.9 Å². The van der Waals surface area contributed by atoms with Crippen molar-refractivity contribution in [2.45, 2.75) is 24.0 Å². The Morgan fingerprint density at radius 3 is 2.32 bits per heavy atom. The Morgan fingerprint density at radius 1 is 1.04 bits per heavy atom. The van der Waals surface area contributed by atoms with E-state index in [0.717, 1.165) is 11.5 Å². The molecule has 1 saturated heterocycles. The van der Waals surface area contributed by atoms with Crippen LogP contribution in [0.5, 0.6) is 5.75 Å². The molecule has 0 aromatic heterocycles. The van der Waals surface area contributed by atoms with Crippen molar-refractivity contribution in [2.24, 2.45) is 0 Å². The maximum absolute atomic E-state index is 12.9. The van der Waals surface area contributed by atoms with Crippen LogP contribution in [0.3, 0.4) is 0 Å². The number of benzene rings is 2. The van der Waals surface area contributed by atoms with Gasteiger partial charge in [0.05, 0.1) is 4.58 Å². The number of amides is 2. The zero-order valence-corrected chi connectivity index (χ0v) is 16.9. The summed E-state index contributed by atoms with van der Waals surface area (Å²) in [6, 6.07) is 12.8. The molecule has 2 amide bonds. The van der Waals surface area contributed by atoms with Crippen molar-refractivity contribution in [1.29, 1.82) is 0 Å². The SMILES string of the molecule is C[C@@H](Oc1ccc(F)cc1)C(=O)NNC(=O)c1ccc(C2SCCCS2)cc1. The molecule has 2 N–H and O–H groups in total. The molecule has 3 rings (SSSR count). The highest BCUT2D eigenvalue weighted by atomic mass is 32.2. The molecule has 28 heavy (non-hydrogen) atoms. The second-order valence-corrected chi connectivity index (χ2v) is 8.93. The zero-order chi connectivity index (χ0) is 19.9. The van der Waals surface area contributed by atoms with Gasteiger partial charge in [-0.25, -0.2) is 4.39 Å². The Morgan fingerprint density at radius 2 is 1.68 bits per heavy atom. The van der Waals surface area contributed by atoms with Gasteiger partial charge < -0.3 is 4.74 Å². The molecule has 0 saturated carbocycles. The van der Waals surface area contributed by atoms with E-state index in [9.17, 15) is 14.0 Å². The molecule has 0 spiro atoms. The van der Waals surface area contributed by atoms with Crippen LogP contribution in [-0.2, 0) is 4.79 Å². The van der Waals surface area contributed by atoms with E-state index in [1.54, 1.807) is 19.1 Å². The highest BCUT2D eigenvalue weighted by molar-refractivity contribution is 8.16. The third kappa shape index (κ3) is 5.65. The molecule has 1 atom stereocenters. The Balaban J connectivity index is 1.48. The van der Waals surface area contributed by atoms with Crippen LogP contribution >= 0.6 is 23.5 Å². The number of carbonyl (C=O) groups is 2. The first-order chi connectivity index (χ1) is 13.5. The van der Waals surface area contributed by atoms with Crippen LogP contribution in [-0.4, -0.2) is 29.4 Å². The number of rotatable bonds is 5. The first kappa shape index (κ1) is 20.5. The van der Waals surface area contributed by atoms with E-state index in [1.165, 1.54) is 36.2 Å². The van der Waals surface area contributed by atoms with Crippen LogP contribution < -0.4 is 15.6 Å². The van der Waals surface area contributed by atoms with Gasteiger partial charge in [-0.15, -0.1) is 23.5 Å². The number of hydrogen-bond donors (Lipinski definition) is 2. The van der Waals surface area contributed by atoms with Crippen molar-refractivity contribution in [2.75, 3.05) is 11.5 Å². The molecule has 2 aromatic rings. The largest absolute Gasteiger partial charge is 0.481 e. The fraction of sp³-hybridized carbons (Fsp3) is 0.300. The van der Waals surface area contributed by atoms with Gasteiger partial charge in [-0.3, -0.25) is 20.4 Å². The Labute approximate surface area is 171 Å². The van der Waals surface area contributed by atoms with Gasteiger partial charge in [0.1, 0.15) is 11.6 Å². The molecule has 148 valence electrons. The maximum atomic E-state index is 12.9. The second-order valence-electron chi connectivity index (χ2n) is 6.21. The van der Waals surface area contributed by atoms with E-state index < -0.39 is 17.9 Å². The van der Waals surface area contributed by atoms with E-state index in [0.29, 0.717) is 15.9 Å². The van der Waals surface area contributed by atoms with Crippen molar-refractivity contribution < 1.29 is 18.7 Å². The zero-order valence-electron chi connectivity index (χ0n) is 15.3. The lowest BCUT2D eigenvalue weighted by Gasteiger charge is -2.21. The molecule has 1 aliphatic heterocycles. The highest BCUT2D eigenvalue weighted by Gasteiger charge is 2.18. The van der Waals surface area contributed by atoms with Crippen LogP contribution in [0.2, 0.25) is 0 Å². The van der Waals surface area contributed by atoms with E-state index in [2.05, 4.69) is 10.9 Å². The summed E-state index contributed by atoms with van der Waals surface area (Å²) in [6.45, 7) is 1.54. The van der Waals surface area contributed by atoms with Gasteiger partial charge in [0, 0.05) is 5.56 Å². The number of thioether (sulfide) groups is 2. The average molecular weight is 421 g/mol. The molecule has 1 heterocycles. The lowest BCUT2D eigenvalue weighted by molar-refractivity contribution is -0.128. The van der Waals surface area contributed by atoms with Crippen LogP contribution in [0.1, 0.15) is 33.8 Å². The summed E-state index contributed by atoms with van der Waals surface area (Å²) in [6.07, 6.45) is 0.378. The summed E-state index contributed by atoms with van der Waals surface area (Å²) in [5.41, 5.74) is 6.38. The number of halogens is 1. The van der Waals surface area contributed by atoms with E-state index >= 15 is 0 Å². The molecule has 0 unspecified atom stereocenters. The van der Waals surface area contributed by atoms with Crippen LogP contribution in [0.25, 0.3) is 0 Å². The fourth-order valence-electron chi connectivity index (χ4n) is 2.53. The molecule has 5 nitrogen and oxygen atoms in total. The van der Waals surface area contributed by atoms with Crippen LogP contribution in [0, 0.1) is 5.82 Å². The minimum Gasteiger partial charge on any atom is -0.481 e.